The van der Waals surface area contributed by atoms with Crippen molar-refractivity contribution >= 4 is 34.8 Å². The Balaban J connectivity index is 1.79. The Hall–Kier alpha value is -3.31. The standard InChI is InChI=1S/C25H24ClN3O2/c1-17(2)16-31-25-18(7-6-10-22(25)30-3)11-13-24-28-20-8-4-5-9-21(20)29(24)23-14-12-19(26)15-27-23/h4-15,17H,16H2,1-3H3/b13-11+. The lowest BCUT2D eigenvalue weighted by molar-refractivity contribution is 0.256. The van der Waals surface area contributed by atoms with Crippen LogP contribution >= 0.6 is 11.6 Å². The molecule has 0 aliphatic carbocycles. The van der Waals surface area contributed by atoms with Crippen LogP contribution < -0.4 is 9.47 Å². The fraction of sp³-hybridized carbons (Fsp3) is 0.200. The second-order valence-corrected chi connectivity index (χ2v) is 7.98. The van der Waals surface area contributed by atoms with Crippen LogP contribution in [0.5, 0.6) is 11.5 Å². The molecule has 2 aromatic heterocycles. The summed E-state index contributed by atoms with van der Waals surface area (Å²) >= 11 is 6.04. The highest BCUT2D eigenvalue weighted by Gasteiger charge is 2.13. The van der Waals surface area contributed by atoms with Gasteiger partial charge in [-0.25, -0.2) is 9.97 Å². The van der Waals surface area contributed by atoms with Gasteiger partial charge in [-0.05, 0) is 48.4 Å². The van der Waals surface area contributed by atoms with Crippen LogP contribution in [0, 0.1) is 5.92 Å². The van der Waals surface area contributed by atoms with Crippen LogP contribution in [0.25, 0.3) is 29.0 Å². The monoisotopic (exact) mass is 433 g/mol. The highest BCUT2D eigenvalue weighted by atomic mass is 35.5. The molecule has 6 heteroatoms. The second kappa shape index (κ2) is 9.23. The van der Waals surface area contributed by atoms with Crippen LogP contribution in [0.1, 0.15) is 25.2 Å². The van der Waals surface area contributed by atoms with Gasteiger partial charge in [-0.2, -0.15) is 0 Å². The van der Waals surface area contributed by atoms with Gasteiger partial charge < -0.3 is 9.47 Å². The van der Waals surface area contributed by atoms with E-state index in [9.17, 15) is 0 Å². The quantitative estimate of drug-likeness (QED) is 0.343. The van der Waals surface area contributed by atoms with Gasteiger partial charge in [0.1, 0.15) is 11.6 Å². The Kier molecular flexibility index (Phi) is 6.23. The lowest BCUT2D eigenvalue weighted by Gasteiger charge is -2.14. The molecule has 0 saturated carbocycles. The van der Waals surface area contributed by atoms with Crippen molar-refractivity contribution in [3.05, 3.63) is 77.2 Å². The fourth-order valence-electron chi connectivity index (χ4n) is 3.29. The van der Waals surface area contributed by atoms with Gasteiger partial charge in [0.2, 0.25) is 0 Å². The van der Waals surface area contributed by atoms with Crippen molar-refractivity contribution in [2.75, 3.05) is 13.7 Å². The molecule has 0 atom stereocenters. The molecule has 0 unspecified atom stereocenters. The molecular formula is C25H24ClN3O2. The van der Waals surface area contributed by atoms with Crippen molar-refractivity contribution in [2.45, 2.75) is 13.8 Å². The van der Waals surface area contributed by atoms with E-state index in [0.717, 1.165) is 34.0 Å². The number of pyridine rings is 1. The number of halogens is 1. The topological polar surface area (TPSA) is 49.2 Å². The molecule has 0 fully saturated rings. The molecule has 0 radical (unpaired) electrons. The molecule has 158 valence electrons. The lowest BCUT2D eigenvalue weighted by Crippen LogP contribution is -2.06. The van der Waals surface area contributed by atoms with E-state index >= 15 is 0 Å². The normalized spacial score (nSPS) is 11.5. The molecule has 2 heterocycles. The third-order valence-corrected chi connectivity index (χ3v) is 4.95. The molecule has 0 bridgehead atoms. The number of para-hydroxylation sites is 3. The third-order valence-electron chi connectivity index (χ3n) is 4.73. The van der Waals surface area contributed by atoms with Crippen LogP contribution in [-0.2, 0) is 0 Å². The van der Waals surface area contributed by atoms with Gasteiger partial charge in [-0.3, -0.25) is 4.57 Å². The largest absolute Gasteiger partial charge is 0.493 e. The van der Waals surface area contributed by atoms with Gasteiger partial charge in [0, 0.05) is 11.8 Å². The number of fused-ring (bicyclic) bond motifs is 1. The first-order chi connectivity index (χ1) is 15.1. The van der Waals surface area contributed by atoms with E-state index in [-0.39, 0.29) is 0 Å². The number of imidazole rings is 1. The predicted octanol–water partition coefficient (Wildman–Crippen LogP) is 6.29. The zero-order chi connectivity index (χ0) is 21.8. The summed E-state index contributed by atoms with van der Waals surface area (Å²) in [7, 11) is 1.65. The molecule has 5 nitrogen and oxygen atoms in total. The van der Waals surface area contributed by atoms with Crippen molar-refractivity contribution in [3.8, 4) is 17.3 Å². The smallest absolute Gasteiger partial charge is 0.168 e. The van der Waals surface area contributed by atoms with Crippen molar-refractivity contribution in [1.82, 2.24) is 14.5 Å². The average Bonchev–Trinajstić information content (AvgIpc) is 3.15. The number of rotatable bonds is 7. The van der Waals surface area contributed by atoms with E-state index in [1.54, 1.807) is 13.3 Å². The summed E-state index contributed by atoms with van der Waals surface area (Å²) in [5, 5.41) is 0.591. The van der Waals surface area contributed by atoms with E-state index in [4.69, 9.17) is 26.1 Å². The molecule has 0 saturated heterocycles. The maximum Gasteiger partial charge on any atom is 0.168 e. The Morgan fingerprint density at radius 3 is 2.61 bits per heavy atom. The van der Waals surface area contributed by atoms with Crippen molar-refractivity contribution in [2.24, 2.45) is 5.92 Å². The van der Waals surface area contributed by atoms with E-state index in [1.807, 2.05) is 71.3 Å². The molecule has 4 rings (SSSR count). The van der Waals surface area contributed by atoms with Crippen LogP contribution in [-0.4, -0.2) is 28.3 Å². The van der Waals surface area contributed by atoms with Crippen molar-refractivity contribution < 1.29 is 9.47 Å². The summed E-state index contributed by atoms with van der Waals surface area (Å²) in [6.45, 7) is 4.84. The number of benzene rings is 2. The van der Waals surface area contributed by atoms with Crippen LogP contribution in [0.4, 0.5) is 0 Å². The summed E-state index contributed by atoms with van der Waals surface area (Å²) < 4.78 is 13.6. The molecule has 0 amide bonds. The Labute approximate surface area is 186 Å². The number of methoxy groups -OCH3 is 1. The first kappa shape index (κ1) is 20.9. The van der Waals surface area contributed by atoms with Gasteiger partial charge in [0.25, 0.3) is 0 Å². The molecule has 31 heavy (non-hydrogen) atoms. The highest BCUT2D eigenvalue weighted by molar-refractivity contribution is 6.30. The van der Waals surface area contributed by atoms with E-state index in [2.05, 4.69) is 18.8 Å². The van der Waals surface area contributed by atoms with Gasteiger partial charge in [0.15, 0.2) is 11.5 Å². The summed E-state index contributed by atoms with van der Waals surface area (Å²) in [5.74, 6) is 3.34. The van der Waals surface area contributed by atoms with Crippen molar-refractivity contribution in [3.63, 3.8) is 0 Å². The molecule has 2 aromatic carbocycles. The van der Waals surface area contributed by atoms with Crippen LogP contribution in [0.2, 0.25) is 5.02 Å². The molecule has 0 aliphatic rings. The minimum Gasteiger partial charge on any atom is -0.493 e. The zero-order valence-electron chi connectivity index (χ0n) is 17.7. The van der Waals surface area contributed by atoms with Gasteiger partial charge in [-0.1, -0.05) is 49.7 Å². The summed E-state index contributed by atoms with van der Waals surface area (Å²) in [5.41, 5.74) is 2.78. The van der Waals surface area contributed by atoms with Crippen LogP contribution in [0.15, 0.2) is 60.8 Å². The van der Waals surface area contributed by atoms with Crippen molar-refractivity contribution in [1.29, 1.82) is 0 Å². The number of nitrogens with zero attached hydrogens (tertiary/aromatic N) is 3. The fourth-order valence-corrected chi connectivity index (χ4v) is 3.40. The Bertz CT molecular complexity index is 1210. The van der Waals surface area contributed by atoms with E-state index in [1.165, 1.54) is 0 Å². The summed E-state index contributed by atoms with van der Waals surface area (Å²) in [6, 6.07) is 17.5. The predicted molar refractivity (Wildman–Crippen MR) is 126 cm³/mol. The molecule has 4 aromatic rings. The zero-order valence-corrected chi connectivity index (χ0v) is 18.5. The van der Waals surface area contributed by atoms with Gasteiger partial charge in [-0.15, -0.1) is 0 Å². The SMILES string of the molecule is COc1cccc(/C=C/c2nc3ccccc3n2-c2ccc(Cl)cn2)c1OCC(C)C. The van der Waals surface area contributed by atoms with Gasteiger partial charge >= 0.3 is 0 Å². The summed E-state index contributed by atoms with van der Waals surface area (Å²) in [4.78, 5) is 9.30. The first-order valence-corrected chi connectivity index (χ1v) is 10.5. The molecule has 0 spiro atoms. The minimum absolute atomic E-state index is 0.405. The molecular weight excluding hydrogens is 410 g/mol. The Morgan fingerprint density at radius 2 is 1.87 bits per heavy atom. The number of ether oxygens (including phenoxy) is 2. The van der Waals surface area contributed by atoms with Gasteiger partial charge in [0.05, 0.1) is 29.8 Å². The maximum absolute atomic E-state index is 6.07. The number of hydrogen-bond acceptors (Lipinski definition) is 4. The van der Waals surface area contributed by atoms with E-state index in [0.29, 0.717) is 23.3 Å². The first-order valence-electron chi connectivity index (χ1n) is 10.1. The second-order valence-electron chi connectivity index (χ2n) is 7.55. The van der Waals surface area contributed by atoms with E-state index < -0.39 is 0 Å². The lowest BCUT2D eigenvalue weighted by atomic mass is 10.1. The van der Waals surface area contributed by atoms with Crippen LogP contribution in [0.3, 0.4) is 0 Å². The summed E-state index contributed by atoms with van der Waals surface area (Å²) in [6.07, 6.45) is 5.60. The molecule has 0 N–H and O–H groups in total. The number of aromatic nitrogens is 3. The minimum atomic E-state index is 0.405. The average molecular weight is 434 g/mol. The number of hydrogen-bond donors (Lipinski definition) is 0. The molecule has 0 aliphatic heterocycles. The third kappa shape index (κ3) is 4.57. The maximum atomic E-state index is 6.07. The Morgan fingerprint density at radius 1 is 1.03 bits per heavy atom. The highest BCUT2D eigenvalue weighted by Crippen LogP contribution is 2.33.